The van der Waals surface area contributed by atoms with Gasteiger partial charge in [0.1, 0.15) is 5.60 Å². The number of carbonyl (C=O) groups excluding carboxylic acids is 2. The van der Waals surface area contributed by atoms with Gasteiger partial charge in [0, 0.05) is 12.6 Å². The van der Waals surface area contributed by atoms with Crippen molar-refractivity contribution in [3.8, 4) is 0 Å². The quantitative estimate of drug-likeness (QED) is 0.461. The summed E-state index contributed by atoms with van der Waals surface area (Å²) in [7, 11) is 0. The number of amides is 2. The Kier molecular flexibility index (Phi) is 8.20. The minimum Gasteiger partial charge on any atom is -0.444 e. The van der Waals surface area contributed by atoms with Crippen molar-refractivity contribution in [3.05, 3.63) is 34.9 Å². The first-order valence-electron chi connectivity index (χ1n) is 11.0. The summed E-state index contributed by atoms with van der Waals surface area (Å²) in [5.41, 5.74) is -4.75. The number of hydrogen-bond donors (Lipinski definition) is 2. The second-order valence-corrected chi connectivity index (χ2v) is 9.71. The molecule has 0 radical (unpaired) electrons. The van der Waals surface area contributed by atoms with Crippen LogP contribution in [0.1, 0.15) is 76.5 Å². The first-order chi connectivity index (χ1) is 15.4. The summed E-state index contributed by atoms with van der Waals surface area (Å²) in [5, 5.41) is 5.25. The molecule has 1 aliphatic rings. The molecular formula is C23H30F6N2O3. The largest absolute Gasteiger partial charge is 0.444 e. The zero-order valence-electron chi connectivity index (χ0n) is 19.5. The maximum atomic E-state index is 13.1. The van der Waals surface area contributed by atoms with Crippen molar-refractivity contribution in [2.24, 2.45) is 5.41 Å². The lowest BCUT2D eigenvalue weighted by molar-refractivity contribution is -0.143. The van der Waals surface area contributed by atoms with Gasteiger partial charge in [-0.2, -0.15) is 26.3 Å². The Balaban J connectivity index is 2.14. The first kappa shape index (κ1) is 27.8. The van der Waals surface area contributed by atoms with Crippen LogP contribution >= 0.6 is 0 Å². The third-order valence-corrected chi connectivity index (χ3v) is 5.64. The number of alkyl carbamates (subject to hydrolysis) is 1. The number of ether oxygens (including phenoxy) is 1. The fourth-order valence-corrected chi connectivity index (χ4v) is 4.24. The van der Waals surface area contributed by atoms with Crippen LogP contribution in [-0.4, -0.2) is 23.6 Å². The summed E-state index contributed by atoms with van der Waals surface area (Å²) < 4.78 is 83.8. The molecule has 0 heterocycles. The van der Waals surface area contributed by atoms with Crippen LogP contribution in [0.25, 0.3) is 0 Å². The standard InChI is InChI=1S/C23H30F6N2O3/c1-5-7-21(8-6-17(12-21)31-19(33)34-20(2,3)4)18(32)30-13-14-9-15(22(24,25)26)11-16(10-14)23(27,28)29/h9-11,17H,5-8,12-13H2,1-4H3,(H,30,32)(H,31,33)/t17-,21+/m1/s1. The van der Waals surface area contributed by atoms with E-state index in [1.807, 2.05) is 6.92 Å². The van der Waals surface area contributed by atoms with Crippen molar-refractivity contribution in [1.29, 1.82) is 0 Å². The van der Waals surface area contributed by atoms with Crippen LogP contribution in [0.3, 0.4) is 0 Å². The van der Waals surface area contributed by atoms with Crippen molar-refractivity contribution in [2.75, 3.05) is 0 Å². The number of rotatable bonds is 6. The summed E-state index contributed by atoms with van der Waals surface area (Å²) in [5.74, 6) is -0.464. The lowest BCUT2D eigenvalue weighted by Crippen LogP contribution is -2.42. The van der Waals surface area contributed by atoms with Gasteiger partial charge < -0.3 is 15.4 Å². The van der Waals surface area contributed by atoms with E-state index in [2.05, 4.69) is 10.6 Å². The van der Waals surface area contributed by atoms with Gasteiger partial charge in [0.15, 0.2) is 0 Å². The molecule has 1 saturated carbocycles. The average Bonchev–Trinajstić information content (AvgIpc) is 3.06. The van der Waals surface area contributed by atoms with Crippen molar-refractivity contribution < 1.29 is 40.7 Å². The summed E-state index contributed by atoms with van der Waals surface area (Å²) in [6.45, 7) is 6.53. The highest BCUT2D eigenvalue weighted by Gasteiger charge is 2.45. The number of nitrogens with one attached hydrogen (secondary N) is 2. The van der Waals surface area contributed by atoms with Gasteiger partial charge in [-0.05, 0) is 70.2 Å². The number of halogens is 6. The molecule has 2 amide bonds. The van der Waals surface area contributed by atoms with Gasteiger partial charge in [-0.3, -0.25) is 4.79 Å². The van der Waals surface area contributed by atoms with Crippen LogP contribution in [0.4, 0.5) is 31.1 Å². The molecule has 1 aliphatic carbocycles. The highest BCUT2D eigenvalue weighted by atomic mass is 19.4. The van der Waals surface area contributed by atoms with Gasteiger partial charge in [-0.15, -0.1) is 0 Å². The Morgan fingerprint density at radius 3 is 2.06 bits per heavy atom. The molecule has 34 heavy (non-hydrogen) atoms. The maximum Gasteiger partial charge on any atom is 0.416 e. The van der Waals surface area contributed by atoms with Crippen molar-refractivity contribution in [2.45, 2.75) is 90.3 Å². The predicted molar refractivity (Wildman–Crippen MR) is 113 cm³/mol. The zero-order chi connectivity index (χ0) is 25.9. The summed E-state index contributed by atoms with van der Waals surface area (Å²) in [4.78, 5) is 25.1. The van der Waals surface area contributed by atoms with E-state index < -0.39 is 53.0 Å². The lowest BCUT2D eigenvalue weighted by Gasteiger charge is -2.28. The van der Waals surface area contributed by atoms with E-state index in [1.165, 1.54) is 0 Å². The predicted octanol–water partition coefficient (Wildman–Crippen LogP) is 6.20. The molecule has 1 aromatic carbocycles. The van der Waals surface area contributed by atoms with E-state index in [-0.39, 0.29) is 17.7 Å². The van der Waals surface area contributed by atoms with Gasteiger partial charge in [-0.25, -0.2) is 4.79 Å². The van der Waals surface area contributed by atoms with Crippen LogP contribution in [0.5, 0.6) is 0 Å². The third-order valence-electron chi connectivity index (χ3n) is 5.64. The molecule has 192 valence electrons. The molecule has 0 aliphatic heterocycles. The minimum absolute atomic E-state index is 0.0494. The van der Waals surface area contributed by atoms with Crippen LogP contribution in [-0.2, 0) is 28.4 Å². The number of carbonyl (C=O) groups is 2. The highest BCUT2D eigenvalue weighted by molar-refractivity contribution is 5.83. The molecule has 5 nitrogen and oxygen atoms in total. The van der Waals surface area contributed by atoms with E-state index in [1.54, 1.807) is 20.8 Å². The second-order valence-electron chi connectivity index (χ2n) is 9.71. The van der Waals surface area contributed by atoms with Crippen LogP contribution in [0, 0.1) is 5.41 Å². The lowest BCUT2D eigenvalue weighted by atomic mass is 9.80. The van der Waals surface area contributed by atoms with Crippen LogP contribution in [0.2, 0.25) is 0 Å². The van der Waals surface area contributed by atoms with E-state index in [0.717, 1.165) is 0 Å². The SMILES string of the molecule is CCC[C@]1(C(=O)NCc2cc(C(F)(F)F)cc(C(F)(F)F)c2)CC[C@@H](NC(=O)OC(C)(C)C)C1. The average molecular weight is 496 g/mol. The summed E-state index contributed by atoms with van der Waals surface area (Å²) in [6, 6.07) is 0.915. The molecule has 1 fully saturated rings. The molecule has 11 heteroatoms. The molecule has 0 bridgehead atoms. The molecule has 1 aromatic rings. The molecule has 2 rings (SSSR count). The smallest absolute Gasteiger partial charge is 0.416 e. The summed E-state index contributed by atoms with van der Waals surface area (Å²) >= 11 is 0. The van der Waals surface area contributed by atoms with Gasteiger partial charge >= 0.3 is 18.4 Å². The topological polar surface area (TPSA) is 67.4 Å². The third kappa shape index (κ3) is 7.53. The van der Waals surface area contributed by atoms with Crippen molar-refractivity contribution in [1.82, 2.24) is 10.6 Å². The van der Waals surface area contributed by atoms with Gasteiger partial charge in [0.05, 0.1) is 16.5 Å². The summed E-state index contributed by atoms with van der Waals surface area (Å²) in [6.07, 6.45) is -8.24. The molecule has 0 unspecified atom stereocenters. The Hall–Kier alpha value is -2.46. The number of benzene rings is 1. The first-order valence-corrected chi connectivity index (χ1v) is 11.0. The van der Waals surface area contributed by atoms with Crippen molar-refractivity contribution in [3.63, 3.8) is 0 Å². The Morgan fingerprint density at radius 2 is 1.59 bits per heavy atom. The van der Waals surface area contributed by atoms with E-state index >= 15 is 0 Å². The van der Waals surface area contributed by atoms with E-state index in [4.69, 9.17) is 4.74 Å². The zero-order valence-corrected chi connectivity index (χ0v) is 19.5. The normalized spacial score (nSPS) is 21.3. The second kappa shape index (κ2) is 10.0. The fraction of sp³-hybridized carbons (Fsp3) is 0.652. The molecule has 0 saturated heterocycles. The fourth-order valence-electron chi connectivity index (χ4n) is 4.24. The molecule has 0 aromatic heterocycles. The molecule has 0 spiro atoms. The molecule has 2 atom stereocenters. The molecule has 2 N–H and O–H groups in total. The Morgan fingerprint density at radius 1 is 1.03 bits per heavy atom. The molecular weight excluding hydrogens is 466 g/mol. The Bertz CT molecular complexity index is 860. The maximum absolute atomic E-state index is 13.1. The van der Waals surface area contributed by atoms with E-state index in [0.29, 0.717) is 44.2 Å². The number of hydrogen-bond acceptors (Lipinski definition) is 3. The van der Waals surface area contributed by atoms with E-state index in [9.17, 15) is 35.9 Å². The van der Waals surface area contributed by atoms with Gasteiger partial charge in [0.25, 0.3) is 0 Å². The van der Waals surface area contributed by atoms with Gasteiger partial charge in [0.2, 0.25) is 5.91 Å². The van der Waals surface area contributed by atoms with Crippen LogP contribution in [0.15, 0.2) is 18.2 Å². The Labute approximate surface area is 194 Å². The number of alkyl halides is 6. The van der Waals surface area contributed by atoms with Crippen LogP contribution < -0.4 is 10.6 Å². The monoisotopic (exact) mass is 496 g/mol. The van der Waals surface area contributed by atoms with Crippen molar-refractivity contribution >= 4 is 12.0 Å². The van der Waals surface area contributed by atoms with Gasteiger partial charge in [-0.1, -0.05) is 13.3 Å². The highest BCUT2D eigenvalue weighted by Crippen LogP contribution is 2.43. The minimum atomic E-state index is -4.96.